The molecule has 0 aliphatic heterocycles. The summed E-state index contributed by atoms with van der Waals surface area (Å²) < 4.78 is 0. The fraction of sp³-hybridized carbons (Fsp3) is 0.933. The lowest BCUT2D eigenvalue weighted by Crippen LogP contribution is -1.96. The molecule has 0 heterocycles. The molecule has 0 spiro atoms. The highest BCUT2D eigenvalue weighted by Crippen LogP contribution is 2.15. The summed E-state index contributed by atoms with van der Waals surface area (Å²) in [6.07, 6.45) is 15.0. The average molecular weight is 226 g/mol. The minimum atomic E-state index is 0.448. The van der Waals surface area contributed by atoms with Crippen molar-refractivity contribution in [2.24, 2.45) is 0 Å². The van der Waals surface area contributed by atoms with Crippen LogP contribution in [0.2, 0.25) is 0 Å². The van der Waals surface area contributed by atoms with Crippen LogP contribution in [0.5, 0.6) is 0 Å². The number of unbranched alkanes of at least 4 members (excludes halogenated alkanes) is 2. The van der Waals surface area contributed by atoms with Gasteiger partial charge in [0.25, 0.3) is 0 Å². The van der Waals surface area contributed by atoms with Crippen molar-refractivity contribution >= 4 is 5.78 Å². The number of ketones is 1. The minimum Gasteiger partial charge on any atom is -0.300 e. The number of Topliss-reactive ketones (excluding diaryl/α,β-unsaturated/α-hetero) is 1. The summed E-state index contributed by atoms with van der Waals surface area (Å²) in [5.41, 5.74) is 0. The third-order valence-electron chi connectivity index (χ3n) is 3.12. The molecule has 96 valence electrons. The van der Waals surface area contributed by atoms with Gasteiger partial charge in [-0.1, -0.05) is 65.2 Å². The van der Waals surface area contributed by atoms with Crippen molar-refractivity contribution in [1.82, 2.24) is 0 Å². The Kier molecular flexibility index (Phi) is 12.5. The SMILES string of the molecule is C1CCCCC1.CCCCC(=O)CCCC. The van der Waals surface area contributed by atoms with Crippen molar-refractivity contribution in [3.63, 3.8) is 0 Å². The van der Waals surface area contributed by atoms with Crippen LogP contribution in [0, 0.1) is 0 Å². The van der Waals surface area contributed by atoms with Gasteiger partial charge in [0.05, 0.1) is 0 Å². The molecule has 16 heavy (non-hydrogen) atoms. The molecular weight excluding hydrogens is 196 g/mol. The summed E-state index contributed by atoms with van der Waals surface area (Å²) in [6, 6.07) is 0. The molecule has 1 saturated carbocycles. The van der Waals surface area contributed by atoms with Crippen LogP contribution in [0.4, 0.5) is 0 Å². The van der Waals surface area contributed by atoms with Crippen molar-refractivity contribution < 1.29 is 4.79 Å². The van der Waals surface area contributed by atoms with Gasteiger partial charge in [0.2, 0.25) is 0 Å². The Bertz CT molecular complexity index is 126. The van der Waals surface area contributed by atoms with Crippen molar-refractivity contribution in [2.45, 2.75) is 90.9 Å². The van der Waals surface area contributed by atoms with Crippen molar-refractivity contribution in [1.29, 1.82) is 0 Å². The molecule has 0 bridgehead atoms. The van der Waals surface area contributed by atoms with Gasteiger partial charge >= 0.3 is 0 Å². The number of rotatable bonds is 6. The zero-order valence-corrected chi connectivity index (χ0v) is 11.4. The number of hydrogen-bond donors (Lipinski definition) is 0. The molecule has 0 amide bonds. The molecule has 0 N–H and O–H groups in total. The lowest BCUT2D eigenvalue weighted by Gasteiger charge is -2.05. The molecule has 0 aromatic heterocycles. The van der Waals surface area contributed by atoms with Gasteiger partial charge in [-0.3, -0.25) is 4.79 Å². The monoisotopic (exact) mass is 226 g/mol. The Morgan fingerprint density at radius 3 is 1.31 bits per heavy atom. The van der Waals surface area contributed by atoms with Crippen LogP contribution >= 0.6 is 0 Å². The fourth-order valence-corrected chi connectivity index (χ4v) is 1.93. The van der Waals surface area contributed by atoms with Gasteiger partial charge in [0.1, 0.15) is 5.78 Å². The maximum atomic E-state index is 11.0. The average Bonchev–Trinajstić information content (AvgIpc) is 2.36. The Labute approximate surface area is 102 Å². The second-order valence-electron chi connectivity index (χ2n) is 4.87. The molecule has 1 aliphatic carbocycles. The first kappa shape index (κ1) is 15.7. The lowest BCUT2D eigenvalue weighted by atomic mass is 10.0. The predicted molar refractivity (Wildman–Crippen MR) is 71.8 cm³/mol. The predicted octanol–water partition coefficient (Wildman–Crippen LogP) is 5.28. The maximum absolute atomic E-state index is 11.0. The van der Waals surface area contributed by atoms with Gasteiger partial charge in [0.15, 0.2) is 0 Å². The highest BCUT2D eigenvalue weighted by Gasteiger charge is 1.98. The Balaban J connectivity index is 0.000000315. The number of hydrogen-bond acceptors (Lipinski definition) is 1. The first-order chi connectivity index (χ1) is 7.81. The van der Waals surface area contributed by atoms with Gasteiger partial charge in [-0.15, -0.1) is 0 Å². The van der Waals surface area contributed by atoms with E-state index in [2.05, 4.69) is 13.8 Å². The lowest BCUT2D eigenvalue weighted by molar-refractivity contribution is -0.119. The van der Waals surface area contributed by atoms with E-state index in [4.69, 9.17) is 0 Å². The van der Waals surface area contributed by atoms with Gasteiger partial charge in [0, 0.05) is 12.8 Å². The first-order valence-electron chi connectivity index (χ1n) is 7.33. The largest absolute Gasteiger partial charge is 0.300 e. The molecule has 0 aromatic carbocycles. The van der Waals surface area contributed by atoms with Crippen molar-refractivity contribution in [2.75, 3.05) is 0 Å². The van der Waals surface area contributed by atoms with Gasteiger partial charge < -0.3 is 0 Å². The molecule has 1 nitrogen and oxygen atoms in total. The van der Waals surface area contributed by atoms with E-state index < -0.39 is 0 Å². The van der Waals surface area contributed by atoms with Crippen LogP contribution < -0.4 is 0 Å². The second kappa shape index (κ2) is 12.7. The number of carbonyl (C=O) groups excluding carboxylic acids is 1. The van der Waals surface area contributed by atoms with Crippen LogP contribution in [-0.2, 0) is 4.79 Å². The standard InChI is InChI=1S/C9H18O.C6H12/c1-3-5-7-9(10)8-6-4-2;1-2-4-6-5-3-1/h3-8H2,1-2H3;1-6H2. The summed E-state index contributed by atoms with van der Waals surface area (Å²) in [7, 11) is 0. The van der Waals surface area contributed by atoms with E-state index in [-0.39, 0.29) is 0 Å². The summed E-state index contributed by atoms with van der Waals surface area (Å²) in [5, 5.41) is 0. The van der Waals surface area contributed by atoms with E-state index in [0.29, 0.717) is 5.78 Å². The molecule has 1 rings (SSSR count). The summed E-state index contributed by atoms with van der Waals surface area (Å²) in [6.45, 7) is 4.24. The van der Waals surface area contributed by atoms with E-state index in [1.54, 1.807) is 0 Å². The van der Waals surface area contributed by atoms with E-state index >= 15 is 0 Å². The van der Waals surface area contributed by atoms with Crippen molar-refractivity contribution in [3.05, 3.63) is 0 Å². The minimum absolute atomic E-state index is 0.448. The van der Waals surface area contributed by atoms with Crippen LogP contribution in [0.25, 0.3) is 0 Å². The second-order valence-corrected chi connectivity index (χ2v) is 4.87. The molecular formula is C15H30O. The van der Waals surface area contributed by atoms with Crippen LogP contribution in [0.3, 0.4) is 0 Å². The zero-order valence-electron chi connectivity index (χ0n) is 11.4. The molecule has 1 heteroatoms. The van der Waals surface area contributed by atoms with Gasteiger partial charge in [-0.25, -0.2) is 0 Å². The fourth-order valence-electron chi connectivity index (χ4n) is 1.93. The van der Waals surface area contributed by atoms with E-state index in [1.807, 2.05) is 0 Å². The van der Waals surface area contributed by atoms with Crippen LogP contribution in [-0.4, -0.2) is 5.78 Å². The molecule has 0 saturated heterocycles. The molecule has 0 atom stereocenters. The third-order valence-corrected chi connectivity index (χ3v) is 3.12. The van der Waals surface area contributed by atoms with Crippen LogP contribution in [0.15, 0.2) is 0 Å². The highest BCUT2D eigenvalue weighted by molar-refractivity contribution is 5.78. The van der Waals surface area contributed by atoms with Gasteiger partial charge in [-0.05, 0) is 12.8 Å². The molecule has 1 fully saturated rings. The van der Waals surface area contributed by atoms with E-state index in [1.165, 1.54) is 38.5 Å². The molecule has 0 unspecified atom stereocenters. The first-order valence-corrected chi connectivity index (χ1v) is 7.33. The normalized spacial score (nSPS) is 15.1. The quantitative estimate of drug-likeness (QED) is 0.602. The highest BCUT2D eigenvalue weighted by atomic mass is 16.1. The Morgan fingerprint density at radius 1 is 0.750 bits per heavy atom. The summed E-state index contributed by atoms with van der Waals surface area (Å²) >= 11 is 0. The van der Waals surface area contributed by atoms with E-state index in [9.17, 15) is 4.79 Å². The van der Waals surface area contributed by atoms with Crippen molar-refractivity contribution in [3.8, 4) is 0 Å². The Hall–Kier alpha value is -0.330. The molecule has 0 radical (unpaired) electrons. The smallest absolute Gasteiger partial charge is 0.132 e. The molecule has 0 aromatic rings. The topological polar surface area (TPSA) is 17.1 Å². The third kappa shape index (κ3) is 11.7. The number of carbonyl (C=O) groups is 1. The summed E-state index contributed by atoms with van der Waals surface area (Å²) in [4.78, 5) is 11.0. The van der Waals surface area contributed by atoms with Crippen LogP contribution in [0.1, 0.15) is 90.9 Å². The molecule has 1 aliphatic rings. The zero-order chi connectivity index (χ0) is 12.1. The summed E-state index contributed by atoms with van der Waals surface area (Å²) in [5.74, 6) is 0.448. The Morgan fingerprint density at radius 2 is 1.06 bits per heavy atom. The van der Waals surface area contributed by atoms with Gasteiger partial charge in [-0.2, -0.15) is 0 Å². The van der Waals surface area contributed by atoms with E-state index in [0.717, 1.165) is 38.5 Å². The maximum Gasteiger partial charge on any atom is 0.132 e.